The van der Waals surface area contributed by atoms with Gasteiger partial charge in [0.05, 0.1) is 0 Å². The quantitative estimate of drug-likeness (QED) is 0.637. The predicted octanol–water partition coefficient (Wildman–Crippen LogP) is 4.20. The molecule has 5 nitrogen and oxygen atoms in total. The van der Waals surface area contributed by atoms with Gasteiger partial charge in [0.2, 0.25) is 0 Å². The van der Waals surface area contributed by atoms with Gasteiger partial charge in [-0.05, 0) is 24.3 Å². The molecule has 0 saturated heterocycles. The Morgan fingerprint density at radius 3 is 1.35 bits per heavy atom. The van der Waals surface area contributed by atoms with Crippen LogP contribution in [0.3, 0.4) is 0 Å². The van der Waals surface area contributed by atoms with Crippen molar-refractivity contribution in [1.82, 2.24) is 0 Å². The number of hydrogen-bond donors (Lipinski definition) is 2. The minimum Gasteiger partial charge on any atom is -0.449 e. The standard InChI is InChI=1S/C12H10S.C2H2O5/c1-3-7-11(8-4-1)13-12-9-5-2-6-10-12;3-1(4)7-2(5)6/h1-10H;(H,3,4)(H,5,6). The zero-order valence-electron chi connectivity index (χ0n) is 10.3. The second-order valence-corrected chi connectivity index (χ2v) is 4.51. The molecule has 0 fully saturated rings. The van der Waals surface area contributed by atoms with Crippen molar-refractivity contribution in [3.63, 3.8) is 0 Å². The Bertz CT molecular complexity index is 493. The molecule has 0 aliphatic heterocycles. The number of carbonyl (C=O) groups is 2. The summed E-state index contributed by atoms with van der Waals surface area (Å²) in [5.41, 5.74) is 0. The summed E-state index contributed by atoms with van der Waals surface area (Å²) in [6.45, 7) is 0. The third kappa shape index (κ3) is 7.07. The van der Waals surface area contributed by atoms with Crippen LogP contribution in [0.2, 0.25) is 0 Å². The van der Waals surface area contributed by atoms with Crippen molar-refractivity contribution < 1.29 is 24.5 Å². The molecule has 0 amide bonds. The fourth-order valence-corrected chi connectivity index (χ4v) is 2.05. The summed E-state index contributed by atoms with van der Waals surface area (Å²) in [5.74, 6) is 0. The first kappa shape index (κ1) is 15.6. The zero-order valence-corrected chi connectivity index (χ0v) is 11.1. The third-order valence-electron chi connectivity index (χ3n) is 1.90. The van der Waals surface area contributed by atoms with E-state index in [1.165, 1.54) is 9.79 Å². The van der Waals surface area contributed by atoms with Gasteiger partial charge in [0, 0.05) is 9.79 Å². The van der Waals surface area contributed by atoms with E-state index in [9.17, 15) is 9.59 Å². The van der Waals surface area contributed by atoms with Gasteiger partial charge < -0.3 is 14.9 Å². The van der Waals surface area contributed by atoms with Gasteiger partial charge in [0.25, 0.3) is 0 Å². The summed E-state index contributed by atoms with van der Waals surface area (Å²) in [4.78, 5) is 21.0. The molecule has 2 aromatic carbocycles. The van der Waals surface area contributed by atoms with Crippen LogP contribution < -0.4 is 0 Å². The van der Waals surface area contributed by atoms with Crippen molar-refractivity contribution in [1.29, 1.82) is 0 Å². The molecule has 0 atom stereocenters. The van der Waals surface area contributed by atoms with Crippen LogP contribution in [-0.2, 0) is 4.74 Å². The molecular weight excluding hydrogens is 280 g/mol. The molecule has 0 bridgehead atoms. The molecule has 0 spiro atoms. The first-order valence-corrected chi connectivity index (χ1v) is 6.31. The predicted molar refractivity (Wildman–Crippen MR) is 74.1 cm³/mol. The van der Waals surface area contributed by atoms with Crippen LogP contribution in [0, 0.1) is 0 Å². The maximum Gasteiger partial charge on any atom is 0.516 e. The molecule has 0 heterocycles. The molecule has 6 heteroatoms. The molecule has 2 N–H and O–H groups in total. The van der Waals surface area contributed by atoms with Gasteiger partial charge in [-0.2, -0.15) is 0 Å². The summed E-state index contributed by atoms with van der Waals surface area (Å²) in [6, 6.07) is 20.8. The van der Waals surface area contributed by atoms with Gasteiger partial charge >= 0.3 is 12.3 Å². The normalized spacial score (nSPS) is 9.00. The Kier molecular flexibility index (Phi) is 6.70. The van der Waals surface area contributed by atoms with Crippen molar-refractivity contribution in [3.05, 3.63) is 60.7 Å². The molecule has 0 aromatic heterocycles. The van der Waals surface area contributed by atoms with Crippen LogP contribution in [0.25, 0.3) is 0 Å². The van der Waals surface area contributed by atoms with Gasteiger partial charge in [0.1, 0.15) is 0 Å². The van der Waals surface area contributed by atoms with E-state index >= 15 is 0 Å². The molecule has 20 heavy (non-hydrogen) atoms. The molecule has 2 aromatic rings. The molecule has 0 saturated carbocycles. The van der Waals surface area contributed by atoms with Gasteiger partial charge in [-0.25, -0.2) is 9.59 Å². The summed E-state index contributed by atoms with van der Waals surface area (Å²) in [6.07, 6.45) is -3.62. The monoisotopic (exact) mass is 292 g/mol. The lowest BCUT2D eigenvalue weighted by molar-refractivity contribution is 0.0802. The van der Waals surface area contributed by atoms with Crippen LogP contribution in [0.5, 0.6) is 0 Å². The largest absolute Gasteiger partial charge is 0.516 e. The van der Waals surface area contributed by atoms with E-state index in [1.54, 1.807) is 11.8 Å². The SMILES string of the molecule is O=C(O)OC(=O)O.c1ccc(Sc2ccccc2)cc1. The Hall–Kier alpha value is -2.47. The Morgan fingerprint density at radius 1 is 0.750 bits per heavy atom. The van der Waals surface area contributed by atoms with Crippen LogP contribution in [0.15, 0.2) is 70.5 Å². The van der Waals surface area contributed by atoms with Crippen LogP contribution >= 0.6 is 11.8 Å². The molecule has 104 valence electrons. The third-order valence-corrected chi connectivity index (χ3v) is 2.91. The topological polar surface area (TPSA) is 83.8 Å². The lowest BCUT2D eigenvalue weighted by Gasteiger charge is -1.99. The second kappa shape index (κ2) is 8.60. The molecule has 0 aliphatic rings. The van der Waals surface area contributed by atoms with E-state index in [4.69, 9.17) is 10.2 Å². The van der Waals surface area contributed by atoms with E-state index in [0.717, 1.165) is 0 Å². The molecule has 0 radical (unpaired) electrons. The van der Waals surface area contributed by atoms with Crippen LogP contribution in [0.1, 0.15) is 0 Å². The smallest absolute Gasteiger partial charge is 0.449 e. The van der Waals surface area contributed by atoms with E-state index < -0.39 is 12.3 Å². The lowest BCUT2D eigenvalue weighted by Crippen LogP contribution is -2.05. The summed E-state index contributed by atoms with van der Waals surface area (Å²) >= 11 is 1.79. The highest BCUT2D eigenvalue weighted by atomic mass is 32.2. The van der Waals surface area contributed by atoms with Crippen molar-refractivity contribution in [2.75, 3.05) is 0 Å². The van der Waals surface area contributed by atoms with Gasteiger partial charge in [-0.1, -0.05) is 48.2 Å². The average molecular weight is 292 g/mol. The summed E-state index contributed by atoms with van der Waals surface area (Å²) < 4.78 is 3.08. The number of hydrogen-bond acceptors (Lipinski definition) is 4. The number of benzene rings is 2. The van der Waals surface area contributed by atoms with Gasteiger partial charge in [-0.15, -0.1) is 0 Å². The highest BCUT2D eigenvalue weighted by Gasteiger charge is 2.01. The Morgan fingerprint density at radius 2 is 1.10 bits per heavy atom. The Balaban J connectivity index is 0.000000246. The highest BCUT2D eigenvalue weighted by Crippen LogP contribution is 2.26. The van der Waals surface area contributed by atoms with E-state index in [2.05, 4.69) is 53.3 Å². The lowest BCUT2D eigenvalue weighted by atomic mass is 10.4. The van der Waals surface area contributed by atoms with E-state index in [1.807, 2.05) is 12.1 Å². The Labute approximate surface area is 119 Å². The zero-order chi connectivity index (χ0) is 14.8. The highest BCUT2D eigenvalue weighted by molar-refractivity contribution is 7.99. The summed E-state index contributed by atoms with van der Waals surface area (Å²) in [7, 11) is 0. The van der Waals surface area contributed by atoms with E-state index in [0.29, 0.717) is 0 Å². The number of rotatable bonds is 2. The van der Waals surface area contributed by atoms with Crippen molar-refractivity contribution in [3.8, 4) is 0 Å². The van der Waals surface area contributed by atoms with E-state index in [-0.39, 0.29) is 0 Å². The molecule has 2 rings (SSSR count). The minimum absolute atomic E-state index is 1.29. The summed E-state index contributed by atoms with van der Waals surface area (Å²) in [5, 5.41) is 15.0. The first-order chi connectivity index (χ1) is 9.58. The first-order valence-electron chi connectivity index (χ1n) is 5.49. The maximum atomic E-state index is 9.21. The van der Waals surface area contributed by atoms with Gasteiger partial charge in [0.15, 0.2) is 0 Å². The average Bonchev–Trinajstić information content (AvgIpc) is 2.40. The molecule has 0 unspecified atom stereocenters. The molecule has 0 aliphatic carbocycles. The fraction of sp³-hybridized carbons (Fsp3) is 0. The minimum atomic E-state index is -1.81. The maximum absolute atomic E-state index is 9.21. The van der Waals surface area contributed by atoms with Crippen LogP contribution in [0.4, 0.5) is 9.59 Å². The van der Waals surface area contributed by atoms with Crippen LogP contribution in [-0.4, -0.2) is 22.5 Å². The van der Waals surface area contributed by atoms with Crippen molar-refractivity contribution >= 4 is 24.1 Å². The molecular formula is C14H12O5S. The fourth-order valence-electron chi connectivity index (χ4n) is 1.19. The number of carboxylic acid groups (broad SMARTS) is 2. The second-order valence-electron chi connectivity index (χ2n) is 3.36. The van der Waals surface area contributed by atoms with Crippen molar-refractivity contribution in [2.45, 2.75) is 9.79 Å². The number of ether oxygens (including phenoxy) is 1. The van der Waals surface area contributed by atoms with Crippen molar-refractivity contribution in [2.24, 2.45) is 0 Å². The van der Waals surface area contributed by atoms with Gasteiger partial charge in [-0.3, -0.25) is 0 Å².